The van der Waals surface area contributed by atoms with Gasteiger partial charge in [0.05, 0.1) is 0 Å². The Morgan fingerprint density at radius 3 is 2.35 bits per heavy atom. The van der Waals surface area contributed by atoms with Crippen molar-refractivity contribution in [1.29, 1.82) is 0 Å². The van der Waals surface area contributed by atoms with Crippen LogP contribution in [-0.4, -0.2) is 4.98 Å². The number of benzene rings is 1. The highest BCUT2D eigenvalue weighted by Crippen LogP contribution is 2.19. The molecule has 0 saturated carbocycles. The first kappa shape index (κ1) is 14.5. The summed E-state index contributed by atoms with van der Waals surface area (Å²) in [6.07, 6.45) is 1.07. The number of rotatable bonds is 4. The van der Waals surface area contributed by atoms with E-state index < -0.39 is 0 Å². The number of hydrogen-bond donors (Lipinski definition) is 2. The van der Waals surface area contributed by atoms with Crippen LogP contribution in [0.2, 0.25) is 0 Å². The molecular weight excluding hydrogens is 248 g/mol. The lowest BCUT2D eigenvalue weighted by Crippen LogP contribution is -2.18. The number of nitrogens with two attached hydrogens (primary N) is 1. The lowest BCUT2D eigenvalue weighted by molar-refractivity contribution is 0.647. The molecule has 1 aromatic heterocycles. The smallest absolute Gasteiger partial charge is 0.253 e. The zero-order chi connectivity index (χ0) is 14.7. The molecule has 1 heterocycles. The van der Waals surface area contributed by atoms with Gasteiger partial charge in [0.15, 0.2) is 0 Å². The Kier molecular flexibility index (Phi) is 4.40. The van der Waals surface area contributed by atoms with Gasteiger partial charge < -0.3 is 10.7 Å². The second-order valence-corrected chi connectivity index (χ2v) is 5.67. The average Bonchev–Trinajstić information content (AvgIpc) is 2.38. The topological polar surface area (TPSA) is 58.9 Å². The van der Waals surface area contributed by atoms with E-state index in [-0.39, 0.29) is 12.1 Å². The molecule has 0 aliphatic rings. The van der Waals surface area contributed by atoms with Gasteiger partial charge in [-0.2, -0.15) is 0 Å². The third-order valence-electron chi connectivity index (χ3n) is 3.47. The maximum Gasteiger partial charge on any atom is 0.253 e. The van der Waals surface area contributed by atoms with Crippen molar-refractivity contribution >= 4 is 0 Å². The normalized spacial score (nSPS) is 11.1. The molecule has 3 N–H and O–H groups in total. The first-order valence-electron chi connectivity index (χ1n) is 7.03. The Morgan fingerprint density at radius 1 is 1.20 bits per heavy atom. The minimum atomic E-state index is -0.0891. The first-order chi connectivity index (χ1) is 9.51. The number of hydrogen-bond acceptors (Lipinski definition) is 2. The number of aromatic amines is 1. The van der Waals surface area contributed by atoms with Crippen LogP contribution in [0, 0.1) is 12.8 Å². The summed E-state index contributed by atoms with van der Waals surface area (Å²) >= 11 is 0. The summed E-state index contributed by atoms with van der Waals surface area (Å²) in [6.45, 7) is 6.61. The molecule has 20 heavy (non-hydrogen) atoms. The van der Waals surface area contributed by atoms with Crippen molar-refractivity contribution in [3.8, 4) is 11.3 Å². The van der Waals surface area contributed by atoms with Crippen LogP contribution in [0.3, 0.4) is 0 Å². The third kappa shape index (κ3) is 3.17. The van der Waals surface area contributed by atoms with Gasteiger partial charge in [-0.25, -0.2) is 0 Å². The Bertz CT molecular complexity index is 639. The van der Waals surface area contributed by atoms with Crippen LogP contribution in [0.15, 0.2) is 35.1 Å². The van der Waals surface area contributed by atoms with E-state index >= 15 is 0 Å². The Morgan fingerprint density at radius 2 is 1.85 bits per heavy atom. The van der Waals surface area contributed by atoms with Gasteiger partial charge in [0, 0.05) is 17.8 Å². The van der Waals surface area contributed by atoms with Crippen molar-refractivity contribution in [1.82, 2.24) is 4.98 Å². The maximum atomic E-state index is 11.9. The van der Waals surface area contributed by atoms with E-state index in [1.807, 2.05) is 13.0 Å². The van der Waals surface area contributed by atoms with Crippen LogP contribution in [0.5, 0.6) is 0 Å². The Hall–Kier alpha value is -1.87. The molecule has 0 bridgehead atoms. The molecule has 0 saturated heterocycles. The lowest BCUT2D eigenvalue weighted by atomic mass is 10.00. The van der Waals surface area contributed by atoms with Gasteiger partial charge in [-0.15, -0.1) is 0 Å². The van der Waals surface area contributed by atoms with E-state index in [4.69, 9.17) is 5.73 Å². The van der Waals surface area contributed by atoms with E-state index in [2.05, 4.69) is 43.1 Å². The van der Waals surface area contributed by atoms with Crippen molar-refractivity contribution < 1.29 is 0 Å². The van der Waals surface area contributed by atoms with Crippen LogP contribution in [0.25, 0.3) is 11.3 Å². The number of H-pyrrole nitrogens is 1. The van der Waals surface area contributed by atoms with Crippen LogP contribution in [0.1, 0.15) is 30.5 Å². The van der Waals surface area contributed by atoms with Gasteiger partial charge in [0.2, 0.25) is 0 Å². The summed E-state index contributed by atoms with van der Waals surface area (Å²) in [5, 5.41) is 0. The van der Waals surface area contributed by atoms with Gasteiger partial charge in [0.1, 0.15) is 0 Å². The van der Waals surface area contributed by atoms with Crippen LogP contribution < -0.4 is 11.3 Å². The van der Waals surface area contributed by atoms with Crippen molar-refractivity contribution in [2.45, 2.75) is 33.7 Å². The second kappa shape index (κ2) is 6.06. The molecule has 3 heteroatoms. The highest BCUT2D eigenvalue weighted by atomic mass is 16.1. The fraction of sp³-hybridized carbons (Fsp3) is 0.353. The lowest BCUT2D eigenvalue weighted by Gasteiger charge is -2.09. The summed E-state index contributed by atoms with van der Waals surface area (Å²) in [6, 6.07) is 10.4. The molecule has 1 aromatic carbocycles. The Labute approximate surface area is 119 Å². The molecule has 0 spiro atoms. The second-order valence-electron chi connectivity index (χ2n) is 5.67. The monoisotopic (exact) mass is 270 g/mol. The molecule has 0 fully saturated rings. The quantitative estimate of drug-likeness (QED) is 0.897. The van der Waals surface area contributed by atoms with Gasteiger partial charge in [-0.05, 0) is 42.0 Å². The molecule has 0 radical (unpaired) electrons. The molecular formula is C17H22N2O. The Balaban J connectivity index is 2.35. The van der Waals surface area contributed by atoms with E-state index in [1.165, 1.54) is 5.56 Å². The van der Waals surface area contributed by atoms with Gasteiger partial charge in [-0.3, -0.25) is 4.79 Å². The SMILES string of the molecule is Cc1cc(-c2ccc(CC(C)C)cc2)[nH]c(=O)c1CN. The maximum absolute atomic E-state index is 11.9. The van der Waals surface area contributed by atoms with Crippen LogP contribution in [-0.2, 0) is 13.0 Å². The summed E-state index contributed by atoms with van der Waals surface area (Å²) in [5.41, 5.74) is 10.3. The summed E-state index contributed by atoms with van der Waals surface area (Å²) in [7, 11) is 0. The largest absolute Gasteiger partial charge is 0.326 e. The summed E-state index contributed by atoms with van der Waals surface area (Å²) in [5.74, 6) is 0.645. The van der Waals surface area contributed by atoms with Gasteiger partial charge >= 0.3 is 0 Å². The minimum Gasteiger partial charge on any atom is -0.326 e. The molecule has 0 atom stereocenters. The zero-order valence-electron chi connectivity index (χ0n) is 12.4. The molecule has 0 unspecified atom stereocenters. The summed E-state index contributed by atoms with van der Waals surface area (Å²) < 4.78 is 0. The molecule has 106 valence electrons. The standard InChI is InChI=1S/C17H22N2O/c1-11(2)8-13-4-6-14(7-5-13)16-9-12(3)15(10-18)17(20)19-16/h4-7,9,11H,8,10,18H2,1-3H3,(H,19,20). The van der Waals surface area contributed by atoms with Crippen molar-refractivity contribution in [2.75, 3.05) is 0 Å². The van der Waals surface area contributed by atoms with E-state index in [0.29, 0.717) is 11.5 Å². The van der Waals surface area contributed by atoms with Crippen LogP contribution >= 0.6 is 0 Å². The highest BCUT2D eigenvalue weighted by molar-refractivity contribution is 5.60. The molecule has 0 amide bonds. The van der Waals surface area contributed by atoms with Crippen LogP contribution in [0.4, 0.5) is 0 Å². The van der Waals surface area contributed by atoms with Crippen molar-refractivity contribution in [3.05, 3.63) is 57.4 Å². The summed E-state index contributed by atoms with van der Waals surface area (Å²) in [4.78, 5) is 14.9. The fourth-order valence-corrected chi connectivity index (χ4v) is 2.42. The number of aryl methyl sites for hydroxylation is 1. The predicted octanol–water partition coefficient (Wildman–Crippen LogP) is 3.01. The van der Waals surface area contributed by atoms with Gasteiger partial charge in [-0.1, -0.05) is 38.1 Å². The molecule has 2 aromatic rings. The van der Waals surface area contributed by atoms with Gasteiger partial charge in [0.25, 0.3) is 5.56 Å². The zero-order valence-corrected chi connectivity index (χ0v) is 12.4. The van der Waals surface area contributed by atoms with Crippen molar-refractivity contribution in [2.24, 2.45) is 11.7 Å². The minimum absolute atomic E-state index is 0.0891. The van der Waals surface area contributed by atoms with E-state index in [9.17, 15) is 4.79 Å². The third-order valence-corrected chi connectivity index (χ3v) is 3.47. The number of aromatic nitrogens is 1. The molecule has 2 rings (SSSR count). The average molecular weight is 270 g/mol. The molecule has 0 aliphatic heterocycles. The highest BCUT2D eigenvalue weighted by Gasteiger charge is 2.06. The fourth-order valence-electron chi connectivity index (χ4n) is 2.42. The van der Waals surface area contributed by atoms with E-state index in [1.54, 1.807) is 0 Å². The number of nitrogens with one attached hydrogen (secondary N) is 1. The predicted molar refractivity (Wildman–Crippen MR) is 83.7 cm³/mol. The molecule has 0 aliphatic carbocycles. The van der Waals surface area contributed by atoms with Crippen molar-refractivity contribution in [3.63, 3.8) is 0 Å². The number of pyridine rings is 1. The van der Waals surface area contributed by atoms with E-state index in [0.717, 1.165) is 23.2 Å². The first-order valence-corrected chi connectivity index (χ1v) is 7.03. The molecule has 3 nitrogen and oxygen atoms in total.